The van der Waals surface area contributed by atoms with Gasteiger partial charge in [0.2, 0.25) is 29.4 Å². The van der Waals surface area contributed by atoms with Gasteiger partial charge in [0.1, 0.15) is 23.9 Å². The lowest BCUT2D eigenvalue weighted by molar-refractivity contribution is -0.385. The third-order valence-corrected chi connectivity index (χ3v) is 12.3. The third kappa shape index (κ3) is 15.9. The minimum atomic E-state index is -1.60. The van der Waals surface area contributed by atoms with Gasteiger partial charge in [-0.05, 0) is 42.7 Å². The monoisotopic (exact) mass is 923 g/mol. The predicted octanol–water partition coefficient (Wildman–Crippen LogP) is 6.05. The summed E-state index contributed by atoms with van der Waals surface area (Å²) in [7, 11) is 2.69. The molecule has 1 heterocycles. The van der Waals surface area contributed by atoms with Crippen molar-refractivity contribution in [2.75, 3.05) is 20.7 Å². The molecule has 4 amide bonds. The second-order valence-electron chi connectivity index (χ2n) is 17.5. The molecule has 3 rings (SSSR count). The highest BCUT2D eigenvalue weighted by molar-refractivity contribution is 5.97. The van der Waals surface area contributed by atoms with E-state index in [1.165, 1.54) is 97.5 Å². The molecule has 1 aliphatic rings. The highest BCUT2D eigenvalue weighted by Gasteiger charge is 2.35. The third-order valence-electron chi connectivity index (χ3n) is 12.3. The quantitative estimate of drug-likeness (QED) is 0.0377. The lowest BCUT2D eigenvalue weighted by Crippen LogP contribution is -2.53. The largest absolute Gasteiger partial charge is 0.507 e. The molecule has 0 saturated heterocycles. The van der Waals surface area contributed by atoms with Crippen LogP contribution < -0.4 is 10.6 Å². The minimum Gasteiger partial charge on any atom is -0.507 e. The van der Waals surface area contributed by atoms with E-state index >= 15 is 0 Å². The SMILES string of the molecule is CCCCCCCCCCCCCCCC(=O)N(C)[C@H](CO)C(=O)N[C@H](C)C(=O)CCC(=O)N(C)[C@@H]1C(=O)CC(C)C(=O)N[C@H](C(=O)O)Cc2cc(c(O)c([N+](=O)[O-])c2)-c2cc1ccc2O. The molecule has 4 bridgehead atoms. The lowest BCUT2D eigenvalue weighted by Gasteiger charge is -2.29. The van der Waals surface area contributed by atoms with Crippen molar-refractivity contribution in [3.8, 4) is 22.6 Å². The summed E-state index contributed by atoms with van der Waals surface area (Å²) in [6.45, 7) is 4.31. The fourth-order valence-corrected chi connectivity index (χ4v) is 8.14. The molecule has 5 atom stereocenters. The van der Waals surface area contributed by atoms with E-state index in [2.05, 4.69) is 17.6 Å². The number of ketones is 2. The van der Waals surface area contributed by atoms with E-state index in [9.17, 15) is 64.1 Å². The molecular formula is C48H69N5O13. The summed E-state index contributed by atoms with van der Waals surface area (Å²) in [5, 5.41) is 58.7. The van der Waals surface area contributed by atoms with Gasteiger partial charge in [0.25, 0.3) is 0 Å². The molecule has 0 fully saturated rings. The zero-order valence-electron chi connectivity index (χ0n) is 39.0. The van der Waals surface area contributed by atoms with Gasteiger partial charge in [0, 0.05) is 69.3 Å². The molecular weight excluding hydrogens is 855 g/mol. The first-order chi connectivity index (χ1) is 31.3. The number of carbonyl (C=O) groups is 7. The van der Waals surface area contributed by atoms with Gasteiger partial charge in [-0.1, -0.05) is 97.0 Å². The Morgan fingerprint density at radius 2 is 1.42 bits per heavy atom. The molecule has 0 aromatic heterocycles. The summed E-state index contributed by atoms with van der Waals surface area (Å²) in [4.78, 5) is 106. The number of carboxylic acids is 1. The number of nitrogens with zero attached hydrogens (tertiary/aromatic N) is 3. The van der Waals surface area contributed by atoms with Crippen molar-refractivity contribution in [3.05, 3.63) is 51.6 Å². The number of phenolic OH excluding ortho intramolecular Hbond substituents is 2. The van der Waals surface area contributed by atoms with Gasteiger partial charge >= 0.3 is 11.7 Å². The number of hydrogen-bond donors (Lipinski definition) is 6. The average molecular weight is 924 g/mol. The summed E-state index contributed by atoms with van der Waals surface area (Å²) in [5.41, 5.74) is -1.17. The number of Topliss-reactive ketones (excluding diaryl/α,β-unsaturated/α-hetero) is 2. The zero-order valence-corrected chi connectivity index (χ0v) is 39.0. The molecule has 0 aliphatic carbocycles. The first kappa shape index (κ1) is 54.4. The Bertz CT molecular complexity index is 2040. The summed E-state index contributed by atoms with van der Waals surface area (Å²) in [5.74, 6) is -7.80. The lowest BCUT2D eigenvalue weighted by atomic mass is 9.89. The average Bonchev–Trinajstić information content (AvgIpc) is 3.27. The van der Waals surface area contributed by atoms with Crippen LogP contribution in [0.4, 0.5) is 5.69 Å². The Hall–Kier alpha value is -5.91. The number of phenols is 2. The van der Waals surface area contributed by atoms with Crippen LogP contribution in [0.1, 0.15) is 147 Å². The number of rotatable bonds is 25. The van der Waals surface area contributed by atoms with E-state index in [0.29, 0.717) is 6.42 Å². The van der Waals surface area contributed by atoms with E-state index in [0.717, 1.165) is 47.6 Å². The maximum atomic E-state index is 14.1. The highest BCUT2D eigenvalue weighted by Crippen LogP contribution is 2.43. The molecule has 2 aromatic rings. The molecule has 66 heavy (non-hydrogen) atoms. The number of unbranched alkanes of at least 4 members (excludes halogenated alkanes) is 12. The first-order valence-electron chi connectivity index (χ1n) is 23.2. The Kier molecular flexibility index (Phi) is 22.2. The number of nitrogens with one attached hydrogen (secondary N) is 2. The number of aliphatic hydroxyl groups excluding tert-OH is 1. The number of aliphatic carboxylic acids is 1. The van der Waals surface area contributed by atoms with Crippen molar-refractivity contribution in [1.29, 1.82) is 0 Å². The molecule has 0 saturated carbocycles. The van der Waals surface area contributed by atoms with E-state index < -0.39 is 120 Å². The van der Waals surface area contributed by atoms with Crippen LogP contribution in [0.25, 0.3) is 11.1 Å². The molecule has 364 valence electrons. The minimum absolute atomic E-state index is 0.0272. The second-order valence-corrected chi connectivity index (χ2v) is 17.5. The number of hydrogen-bond acceptors (Lipinski definition) is 12. The number of aliphatic hydroxyl groups is 1. The molecule has 2 aromatic carbocycles. The van der Waals surface area contributed by atoms with Gasteiger partial charge in [-0.2, -0.15) is 0 Å². The van der Waals surface area contributed by atoms with E-state index in [1.807, 2.05) is 0 Å². The molecule has 18 heteroatoms. The smallest absolute Gasteiger partial charge is 0.326 e. The van der Waals surface area contributed by atoms with Crippen molar-refractivity contribution in [2.45, 2.75) is 161 Å². The Labute approximate surface area is 386 Å². The molecule has 0 radical (unpaired) electrons. The fraction of sp³-hybridized carbons (Fsp3) is 0.604. The van der Waals surface area contributed by atoms with Crippen molar-refractivity contribution in [1.82, 2.24) is 20.4 Å². The van der Waals surface area contributed by atoms with Gasteiger partial charge in [-0.25, -0.2) is 4.79 Å². The number of aromatic hydroxyl groups is 2. The zero-order chi connectivity index (χ0) is 49.1. The van der Waals surface area contributed by atoms with Crippen LogP contribution in [-0.2, 0) is 40.0 Å². The number of amides is 4. The maximum absolute atomic E-state index is 14.1. The number of nitro benzene ring substituents is 1. The van der Waals surface area contributed by atoms with Gasteiger partial charge in [-0.15, -0.1) is 0 Å². The Balaban J connectivity index is 1.67. The number of carbonyl (C=O) groups excluding carboxylic acids is 6. The molecule has 18 nitrogen and oxygen atoms in total. The maximum Gasteiger partial charge on any atom is 0.326 e. The van der Waals surface area contributed by atoms with Crippen LogP contribution in [-0.4, -0.2) is 115 Å². The van der Waals surface area contributed by atoms with Crippen molar-refractivity contribution >= 4 is 46.9 Å². The van der Waals surface area contributed by atoms with Crippen LogP contribution in [0.2, 0.25) is 0 Å². The van der Waals surface area contributed by atoms with E-state index in [-0.39, 0.29) is 34.6 Å². The van der Waals surface area contributed by atoms with Crippen LogP contribution in [0.15, 0.2) is 30.3 Å². The van der Waals surface area contributed by atoms with Crippen LogP contribution in [0, 0.1) is 16.0 Å². The van der Waals surface area contributed by atoms with E-state index in [1.54, 1.807) is 0 Å². The van der Waals surface area contributed by atoms with Gasteiger partial charge in [0.15, 0.2) is 11.6 Å². The summed E-state index contributed by atoms with van der Waals surface area (Å²) < 4.78 is 0. The Morgan fingerprint density at radius 3 is 1.98 bits per heavy atom. The van der Waals surface area contributed by atoms with E-state index in [4.69, 9.17) is 0 Å². The van der Waals surface area contributed by atoms with Gasteiger partial charge in [0.05, 0.1) is 17.6 Å². The van der Waals surface area contributed by atoms with Crippen LogP contribution in [0.5, 0.6) is 11.5 Å². The van der Waals surface area contributed by atoms with Crippen molar-refractivity contribution < 1.29 is 58.9 Å². The second kappa shape index (κ2) is 26.9. The molecule has 6 N–H and O–H groups in total. The molecule has 1 aliphatic heterocycles. The highest BCUT2D eigenvalue weighted by atomic mass is 16.6. The number of benzene rings is 2. The topological polar surface area (TPSA) is 274 Å². The van der Waals surface area contributed by atoms with Crippen molar-refractivity contribution in [3.63, 3.8) is 0 Å². The number of carboxylic acid groups (broad SMARTS) is 1. The van der Waals surface area contributed by atoms with Gasteiger partial charge < -0.3 is 40.9 Å². The van der Waals surface area contributed by atoms with Crippen LogP contribution in [0.3, 0.4) is 0 Å². The molecule has 0 spiro atoms. The standard InChI is InChI=1S/C48H69N5O13/c1-6-7-8-9-10-11-12-13-14-15-16-17-18-19-42(58)51(4)38(29-54)47(62)49-31(3)39(55)22-23-43(59)52(5)44-33-20-21-40(56)34(28-33)35-25-32(27-37(45(35)60)53(65)66)26-36(48(63)64)50-46(61)30(2)24-41(44)57/h20-21,25,27-28,30-31,36,38,44,54,56,60H,6-19,22-24,26,29H2,1-5H3,(H,49,62)(H,50,61)(H,63,64)/t30?,31-,36+,38-,44+/m1/s1. The summed E-state index contributed by atoms with van der Waals surface area (Å²) in [6, 6.07) is 0.440. The molecule has 1 unspecified atom stereocenters. The normalized spacial score (nSPS) is 17.2. The number of fused-ring (bicyclic) bond motifs is 5. The van der Waals surface area contributed by atoms with Crippen LogP contribution >= 0.6 is 0 Å². The predicted molar refractivity (Wildman–Crippen MR) is 245 cm³/mol. The summed E-state index contributed by atoms with van der Waals surface area (Å²) in [6.07, 6.45) is 13.4. The fourth-order valence-electron chi connectivity index (χ4n) is 8.14. The van der Waals surface area contributed by atoms with Gasteiger partial charge in [-0.3, -0.25) is 38.9 Å². The number of likely N-dealkylation sites (N-methyl/N-ethyl adjacent to an activating group) is 2. The Morgan fingerprint density at radius 1 is 0.833 bits per heavy atom. The first-order valence-corrected chi connectivity index (χ1v) is 23.2. The number of nitro groups is 1. The summed E-state index contributed by atoms with van der Waals surface area (Å²) >= 11 is 0. The van der Waals surface area contributed by atoms with Crippen molar-refractivity contribution in [2.24, 2.45) is 5.92 Å².